The lowest BCUT2D eigenvalue weighted by molar-refractivity contribution is -0.142. The zero-order valence-corrected chi connectivity index (χ0v) is 11.1. The molecule has 0 bridgehead atoms. The Morgan fingerprint density at radius 3 is 2.81 bits per heavy atom. The lowest BCUT2D eigenvalue weighted by Crippen LogP contribution is -2.38. The summed E-state index contributed by atoms with van der Waals surface area (Å²) in [7, 11) is 1.64. The number of carboxylic acids is 1. The number of carbonyl (C=O) groups excluding carboxylic acids is 1. The Kier molecular flexibility index (Phi) is 4.12. The molecule has 2 aromatic heterocycles. The van der Waals surface area contributed by atoms with Crippen molar-refractivity contribution in [3.63, 3.8) is 0 Å². The highest BCUT2D eigenvalue weighted by molar-refractivity contribution is 5.84. The number of aliphatic carboxylic acids is 1. The van der Waals surface area contributed by atoms with Gasteiger partial charge in [-0.05, 0) is 6.07 Å². The zero-order valence-electron chi connectivity index (χ0n) is 11.1. The lowest BCUT2D eigenvalue weighted by atomic mass is 10.1. The van der Waals surface area contributed by atoms with E-state index >= 15 is 0 Å². The molecular weight excluding hydrogens is 278 g/mol. The van der Waals surface area contributed by atoms with Gasteiger partial charge in [0.1, 0.15) is 6.54 Å². The van der Waals surface area contributed by atoms with E-state index in [-0.39, 0.29) is 6.54 Å². The zero-order chi connectivity index (χ0) is 15.4. The number of carboxylic acid groups (broad SMARTS) is 1. The fraction of sp³-hybridized carbons (Fsp3) is 0.250. The van der Waals surface area contributed by atoms with E-state index in [1.165, 1.54) is 35.5 Å². The van der Waals surface area contributed by atoms with Crippen LogP contribution in [0.3, 0.4) is 0 Å². The van der Waals surface area contributed by atoms with E-state index in [2.05, 4.69) is 15.4 Å². The van der Waals surface area contributed by atoms with Crippen molar-refractivity contribution >= 4 is 11.9 Å². The standard InChI is InChI=1S/C12H13N5O4/c1-16-6-8(5-14-16)10(11(19)20)15-9(18)7-17-4-2-3-13-12(17)21/h2-6,10H,7H2,1H3,(H,15,18)(H,19,20). The maximum atomic E-state index is 11.9. The quantitative estimate of drug-likeness (QED) is 0.723. The van der Waals surface area contributed by atoms with Gasteiger partial charge in [-0.2, -0.15) is 5.10 Å². The molecule has 0 spiro atoms. The summed E-state index contributed by atoms with van der Waals surface area (Å²) in [5.41, 5.74) is -0.238. The van der Waals surface area contributed by atoms with E-state index in [1.807, 2.05) is 0 Å². The fourth-order valence-electron chi connectivity index (χ4n) is 1.75. The Balaban J connectivity index is 2.11. The summed E-state index contributed by atoms with van der Waals surface area (Å²) in [6.45, 7) is -0.309. The van der Waals surface area contributed by atoms with Gasteiger partial charge in [-0.25, -0.2) is 14.6 Å². The number of nitrogens with one attached hydrogen (secondary N) is 1. The molecule has 1 unspecified atom stereocenters. The van der Waals surface area contributed by atoms with Gasteiger partial charge in [-0.3, -0.25) is 14.0 Å². The van der Waals surface area contributed by atoms with Crippen LogP contribution in [0.4, 0.5) is 0 Å². The molecule has 2 aromatic rings. The molecule has 0 saturated carbocycles. The third kappa shape index (κ3) is 3.53. The monoisotopic (exact) mass is 291 g/mol. The Hall–Kier alpha value is -2.97. The van der Waals surface area contributed by atoms with Gasteiger partial charge in [0.15, 0.2) is 6.04 Å². The number of aryl methyl sites for hydroxylation is 1. The molecule has 2 N–H and O–H groups in total. The number of nitrogens with zero attached hydrogens (tertiary/aromatic N) is 4. The van der Waals surface area contributed by atoms with Crippen molar-refractivity contribution < 1.29 is 14.7 Å². The van der Waals surface area contributed by atoms with Crippen LogP contribution in [0.1, 0.15) is 11.6 Å². The molecule has 1 atom stereocenters. The number of aromatic nitrogens is 4. The van der Waals surface area contributed by atoms with E-state index in [1.54, 1.807) is 7.05 Å². The minimum atomic E-state index is -1.22. The van der Waals surface area contributed by atoms with Crippen molar-refractivity contribution in [1.29, 1.82) is 0 Å². The van der Waals surface area contributed by atoms with Gasteiger partial charge < -0.3 is 10.4 Å². The average Bonchev–Trinajstić information content (AvgIpc) is 2.85. The molecule has 9 nitrogen and oxygen atoms in total. The van der Waals surface area contributed by atoms with Gasteiger partial charge in [0.05, 0.1) is 6.20 Å². The second-order valence-corrected chi connectivity index (χ2v) is 4.32. The van der Waals surface area contributed by atoms with Gasteiger partial charge in [0.25, 0.3) is 0 Å². The van der Waals surface area contributed by atoms with Gasteiger partial charge in [0, 0.05) is 31.2 Å². The highest BCUT2D eigenvalue weighted by atomic mass is 16.4. The molecule has 0 aliphatic rings. The molecule has 9 heteroatoms. The summed E-state index contributed by atoms with van der Waals surface area (Å²) < 4.78 is 2.51. The molecule has 21 heavy (non-hydrogen) atoms. The number of carbonyl (C=O) groups is 2. The van der Waals surface area contributed by atoms with Crippen molar-refractivity contribution in [2.45, 2.75) is 12.6 Å². The Bertz CT molecular complexity index is 720. The Labute approximate surface area is 118 Å². The normalized spacial score (nSPS) is 11.9. The number of hydrogen-bond acceptors (Lipinski definition) is 5. The maximum Gasteiger partial charge on any atom is 0.347 e. The van der Waals surface area contributed by atoms with E-state index in [0.717, 1.165) is 4.57 Å². The van der Waals surface area contributed by atoms with Crippen LogP contribution in [0.25, 0.3) is 0 Å². The fourth-order valence-corrected chi connectivity index (χ4v) is 1.75. The van der Waals surface area contributed by atoms with Gasteiger partial charge >= 0.3 is 11.7 Å². The summed E-state index contributed by atoms with van der Waals surface area (Å²) in [5, 5.41) is 15.4. The second kappa shape index (κ2) is 5.99. The lowest BCUT2D eigenvalue weighted by Gasteiger charge is -2.13. The maximum absolute atomic E-state index is 11.9. The topological polar surface area (TPSA) is 119 Å². The van der Waals surface area contributed by atoms with E-state index in [9.17, 15) is 19.5 Å². The number of amides is 1. The molecule has 0 aliphatic carbocycles. The summed E-state index contributed by atoms with van der Waals surface area (Å²) in [6, 6.07) is 0.281. The highest BCUT2D eigenvalue weighted by Gasteiger charge is 2.23. The first-order valence-corrected chi connectivity index (χ1v) is 5.99. The predicted octanol–water partition coefficient (Wildman–Crippen LogP) is -1.08. The molecule has 2 heterocycles. The number of hydrogen-bond donors (Lipinski definition) is 2. The molecule has 1 amide bonds. The van der Waals surface area contributed by atoms with Crippen molar-refractivity contribution in [2.24, 2.45) is 7.05 Å². The minimum Gasteiger partial charge on any atom is -0.479 e. The Morgan fingerprint density at radius 1 is 1.48 bits per heavy atom. The smallest absolute Gasteiger partial charge is 0.347 e. The van der Waals surface area contributed by atoms with Crippen LogP contribution in [-0.4, -0.2) is 36.3 Å². The summed E-state index contributed by atoms with van der Waals surface area (Å²) in [4.78, 5) is 38.0. The van der Waals surface area contributed by atoms with Crippen LogP contribution >= 0.6 is 0 Å². The van der Waals surface area contributed by atoms with E-state index in [4.69, 9.17) is 0 Å². The van der Waals surface area contributed by atoms with Crippen LogP contribution in [-0.2, 0) is 23.2 Å². The largest absolute Gasteiger partial charge is 0.479 e. The van der Waals surface area contributed by atoms with Crippen LogP contribution < -0.4 is 11.0 Å². The van der Waals surface area contributed by atoms with Crippen molar-refractivity contribution in [2.75, 3.05) is 0 Å². The highest BCUT2D eigenvalue weighted by Crippen LogP contribution is 2.11. The summed E-state index contributed by atoms with van der Waals surface area (Å²) >= 11 is 0. The van der Waals surface area contributed by atoms with Crippen molar-refractivity contribution in [3.8, 4) is 0 Å². The molecule has 0 fully saturated rings. The van der Waals surface area contributed by atoms with Crippen molar-refractivity contribution in [3.05, 3.63) is 46.9 Å². The SMILES string of the molecule is Cn1cc(C(NC(=O)Cn2cccnc2=O)C(=O)O)cn1. The first kappa shape index (κ1) is 14.4. The van der Waals surface area contributed by atoms with E-state index < -0.39 is 23.6 Å². The Morgan fingerprint density at radius 2 is 2.24 bits per heavy atom. The average molecular weight is 291 g/mol. The minimum absolute atomic E-state index is 0.309. The molecular formula is C12H13N5O4. The molecule has 0 radical (unpaired) electrons. The summed E-state index contributed by atoms with van der Waals surface area (Å²) in [5.74, 6) is -1.82. The number of rotatable bonds is 5. The van der Waals surface area contributed by atoms with Crippen LogP contribution in [0, 0.1) is 0 Å². The van der Waals surface area contributed by atoms with Gasteiger partial charge in [-0.15, -0.1) is 0 Å². The van der Waals surface area contributed by atoms with Crippen LogP contribution in [0.5, 0.6) is 0 Å². The van der Waals surface area contributed by atoms with Crippen molar-refractivity contribution in [1.82, 2.24) is 24.6 Å². The molecule has 0 saturated heterocycles. The predicted molar refractivity (Wildman–Crippen MR) is 70.2 cm³/mol. The first-order chi connectivity index (χ1) is 9.97. The molecule has 0 aliphatic heterocycles. The van der Waals surface area contributed by atoms with E-state index in [0.29, 0.717) is 5.56 Å². The molecule has 110 valence electrons. The molecule has 0 aromatic carbocycles. The van der Waals surface area contributed by atoms with Crippen LogP contribution in [0.15, 0.2) is 35.6 Å². The van der Waals surface area contributed by atoms with Gasteiger partial charge in [-0.1, -0.05) is 0 Å². The third-order valence-corrected chi connectivity index (χ3v) is 2.71. The van der Waals surface area contributed by atoms with Gasteiger partial charge in [0.2, 0.25) is 5.91 Å². The second-order valence-electron chi connectivity index (χ2n) is 4.32. The van der Waals surface area contributed by atoms with Crippen LogP contribution in [0.2, 0.25) is 0 Å². The third-order valence-electron chi connectivity index (χ3n) is 2.71. The summed E-state index contributed by atoms with van der Waals surface area (Å²) in [6.07, 6.45) is 5.56. The molecule has 2 rings (SSSR count). The first-order valence-electron chi connectivity index (χ1n) is 5.99.